The average Bonchev–Trinajstić information content (AvgIpc) is 2.68. The first-order chi connectivity index (χ1) is 8.94. The molecule has 6 heteroatoms. The van der Waals surface area contributed by atoms with Crippen LogP contribution in [0.5, 0.6) is 0 Å². The van der Waals surface area contributed by atoms with Crippen LogP contribution in [0.4, 0.5) is 4.79 Å². The third-order valence-corrected chi connectivity index (χ3v) is 2.15. The smallest absolute Gasteiger partial charge is 0.428 e. The number of nitrogens with one attached hydrogen (secondary N) is 2. The summed E-state index contributed by atoms with van der Waals surface area (Å²) in [6.07, 6.45) is 0.837. The number of hydrazone groups is 1. The third kappa shape index (κ3) is 3.80. The Morgan fingerprint density at radius 2 is 2.16 bits per heavy atom. The number of imidazole rings is 1. The highest BCUT2D eigenvalue weighted by Gasteiger charge is 2.15. The lowest BCUT2D eigenvalue weighted by molar-refractivity contribution is 0.0529. The fourth-order valence-corrected chi connectivity index (χ4v) is 1.48. The van der Waals surface area contributed by atoms with Gasteiger partial charge in [0.05, 0.1) is 17.2 Å². The van der Waals surface area contributed by atoms with Crippen LogP contribution in [-0.2, 0) is 4.74 Å². The molecular formula is C13H16N4O2. The van der Waals surface area contributed by atoms with E-state index in [9.17, 15) is 4.79 Å². The van der Waals surface area contributed by atoms with Crippen LogP contribution in [0, 0.1) is 0 Å². The summed E-state index contributed by atoms with van der Waals surface area (Å²) in [7, 11) is 0. The lowest BCUT2D eigenvalue weighted by atomic mass is 10.2. The Kier molecular flexibility index (Phi) is 3.50. The van der Waals surface area contributed by atoms with Gasteiger partial charge in [-0.3, -0.25) is 0 Å². The Labute approximate surface area is 110 Å². The second-order valence-electron chi connectivity index (χ2n) is 5.01. The normalized spacial score (nSPS) is 11.9. The van der Waals surface area contributed by atoms with Crippen LogP contribution in [0.1, 0.15) is 26.6 Å². The summed E-state index contributed by atoms with van der Waals surface area (Å²) in [5.41, 5.74) is 3.50. The zero-order valence-corrected chi connectivity index (χ0v) is 11.1. The molecule has 0 aliphatic heterocycles. The highest BCUT2D eigenvalue weighted by atomic mass is 16.6. The molecule has 19 heavy (non-hydrogen) atoms. The highest BCUT2D eigenvalue weighted by molar-refractivity contribution is 5.84. The van der Waals surface area contributed by atoms with Gasteiger partial charge >= 0.3 is 6.09 Å². The van der Waals surface area contributed by atoms with Gasteiger partial charge in [-0.15, -0.1) is 0 Å². The SMILES string of the molecule is CC(C)(C)OC(=O)N/N=C\c1nc2ccccc2[nH]1. The molecule has 100 valence electrons. The molecule has 1 aromatic carbocycles. The first-order valence-corrected chi connectivity index (χ1v) is 5.91. The van der Waals surface area contributed by atoms with Gasteiger partial charge in [-0.1, -0.05) is 12.1 Å². The van der Waals surface area contributed by atoms with Gasteiger partial charge < -0.3 is 9.72 Å². The van der Waals surface area contributed by atoms with Gasteiger partial charge in [0, 0.05) is 0 Å². The Hall–Kier alpha value is -2.37. The molecule has 0 spiro atoms. The molecule has 0 aliphatic carbocycles. The average molecular weight is 260 g/mol. The zero-order chi connectivity index (χ0) is 13.9. The molecule has 0 radical (unpaired) electrons. The second-order valence-corrected chi connectivity index (χ2v) is 5.01. The monoisotopic (exact) mass is 260 g/mol. The van der Waals surface area contributed by atoms with Gasteiger partial charge in [0.15, 0.2) is 5.82 Å². The zero-order valence-electron chi connectivity index (χ0n) is 11.1. The minimum atomic E-state index is -0.597. The second kappa shape index (κ2) is 5.09. The number of benzene rings is 1. The van der Waals surface area contributed by atoms with E-state index in [0.717, 1.165) is 11.0 Å². The quantitative estimate of drug-likeness (QED) is 0.643. The minimum Gasteiger partial charge on any atom is -0.443 e. The van der Waals surface area contributed by atoms with E-state index >= 15 is 0 Å². The van der Waals surface area contributed by atoms with Gasteiger partial charge in [0.1, 0.15) is 5.60 Å². The van der Waals surface area contributed by atoms with E-state index in [1.807, 2.05) is 24.3 Å². The topological polar surface area (TPSA) is 79.4 Å². The van der Waals surface area contributed by atoms with Crippen molar-refractivity contribution in [1.82, 2.24) is 15.4 Å². The molecular weight excluding hydrogens is 244 g/mol. The van der Waals surface area contributed by atoms with Crippen LogP contribution >= 0.6 is 0 Å². The van der Waals surface area contributed by atoms with E-state index in [4.69, 9.17) is 4.74 Å². The highest BCUT2D eigenvalue weighted by Crippen LogP contribution is 2.09. The van der Waals surface area contributed by atoms with E-state index in [0.29, 0.717) is 5.82 Å². The Bertz CT molecular complexity index is 577. The van der Waals surface area contributed by atoms with Crippen molar-refractivity contribution in [2.45, 2.75) is 26.4 Å². The van der Waals surface area contributed by atoms with Crippen molar-refractivity contribution in [2.24, 2.45) is 5.10 Å². The van der Waals surface area contributed by atoms with Crippen LogP contribution in [0.25, 0.3) is 11.0 Å². The number of carbonyl (C=O) groups is 1. The van der Waals surface area contributed by atoms with E-state index < -0.39 is 11.7 Å². The maximum atomic E-state index is 11.3. The molecule has 0 aliphatic rings. The van der Waals surface area contributed by atoms with Gasteiger partial charge in [0.2, 0.25) is 0 Å². The minimum absolute atomic E-state index is 0.543. The number of aromatic nitrogens is 2. The van der Waals surface area contributed by atoms with Crippen molar-refractivity contribution in [3.8, 4) is 0 Å². The van der Waals surface area contributed by atoms with E-state index in [2.05, 4.69) is 20.5 Å². The summed E-state index contributed by atoms with van der Waals surface area (Å²) in [4.78, 5) is 18.7. The molecule has 0 bridgehead atoms. The van der Waals surface area contributed by atoms with Crippen molar-refractivity contribution in [3.63, 3.8) is 0 Å². The number of ether oxygens (including phenoxy) is 1. The first-order valence-electron chi connectivity index (χ1n) is 5.91. The summed E-state index contributed by atoms with van der Waals surface area (Å²) in [5.74, 6) is 0.567. The summed E-state index contributed by atoms with van der Waals surface area (Å²) in [5, 5.41) is 3.78. The van der Waals surface area contributed by atoms with Gasteiger partial charge in [0.25, 0.3) is 0 Å². The molecule has 0 fully saturated rings. The Morgan fingerprint density at radius 3 is 2.84 bits per heavy atom. The molecule has 1 aromatic heterocycles. The summed E-state index contributed by atoms with van der Waals surface area (Å²) >= 11 is 0. The van der Waals surface area contributed by atoms with Crippen LogP contribution in [0.3, 0.4) is 0 Å². The molecule has 1 heterocycles. The van der Waals surface area contributed by atoms with Crippen molar-refractivity contribution in [1.29, 1.82) is 0 Å². The summed E-state index contributed by atoms with van der Waals surface area (Å²) in [6, 6.07) is 7.63. The Morgan fingerprint density at radius 1 is 1.42 bits per heavy atom. The molecule has 2 aromatic rings. The molecule has 0 unspecified atom stereocenters. The fraction of sp³-hybridized carbons (Fsp3) is 0.308. The van der Waals surface area contributed by atoms with Crippen molar-refractivity contribution < 1.29 is 9.53 Å². The van der Waals surface area contributed by atoms with Crippen molar-refractivity contribution in [2.75, 3.05) is 0 Å². The van der Waals surface area contributed by atoms with Crippen LogP contribution in [-0.4, -0.2) is 27.9 Å². The number of amides is 1. The van der Waals surface area contributed by atoms with Gasteiger partial charge in [-0.2, -0.15) is 5.10 Å². The third-order valence-electron chi connectivity index (χ3n) is 2.15. The van der Waals surface area contributed by atoms with Crippen molar-refractivity contribution in [3.05, 3.63) is 30.1 Å². The number of aromatic amines is 1. The number of rotatable bonds is 2. The number of nitrogens with zero attached hydrogens (tertiary/aromatic N) is 2. The van der Waals surface area contributed by atoms with Crippen LogP contribution < -0.4 is 5.43 Å². The Balaban J connectivity index is 1.97. The predicted octanol–water partition coefficient (Wildman–Crippen LogP) is 2.42. The largest absolute Gasteiger partial charge is 0.443 e. The van der Waals surface area contributed by atoms with E-state index in [-0.39, 0.29) is 0 Å². The lowest BCUT2D eigenvalue weighted by Gasteiger charge is -2.18. The van der Waals surface area contributed by atoms with E-state index in [1.165, 1.54) is 6.21 Å². The maximum absolute atomic E-state index is 11.3. The molecule has 0 saturated heterocycles. The maximum Gasteiger partial charge on any atom is 0.428 e. The molecule has 1 amide bonds. The van der Waals surface area contributed by atoms with Crippen LogP contribution in [0.15, 0.2) is 29.4 Å². The number of fused-ring (bicyclic) bond motifs is 1. The molecule has 0 saturated carbocycles. The number of carbonyl (C=O) groups excluding carboxylic acids is 1. The van der Waals surface area contributed by atoms with Crippen LogP contribution in [0.2, 0.25) is 0 Å². The standard InChI is InChI=1S/C13H16N4O2/c1-13(2,3)19-12(18)17-14-8-11-15-9-6-4-5-7-10(9)16-11/h4-8H,1-3H3,(H,15,16)(H,17,18)/b14-8-. The van der Waals surface area contributed by atoms with Crippen molar-refractivity contribution >= 4 is 23.3 Å². The van der Waals surface area contributed by atoms with Gasteiger partial charge in [-0.05, 0) is 32.9 Å². The summed E-state index contributed by atoms with van der Waals surface area (Å²) < 4.78 is 5.04. The molecule has 2 N–H and O–H groups in total. The number of H-pyrrole nitrogens is 1. The predicted molar refractivity (Wildman–Crippen MR) is 73.1 cm³/mol. The number of hydrogen-bond donors (Lipinski definition) is 2. The molecule has 6 nitrogen and oxygen atoms in total. The van der Waals surface area contributed by atoms with E-state index in [1.54, 1.807) is 20.8 Å². The first kappa shape index (κ1) is 13.1. The fourth-order valence-electron chi connectivity index (χ4n) is 1.48. The summed E-state index contributed by atoms with van der Waals surface area (Å²) in [6.45, 7) is 5.36. The lowest BCUT2D eigenvalue weighted by Crippen LogP contribution is -2.29. The number of hydrogen-bond acceptors (Lipinski definition) is 4. The number of para-hydroxylation sites is 2. The molecule has 0 atom stereocenters. The molecule has 2 rings (SSSR count). The van der Waals surface area contributed by atoms with Gasteiger partial charge in [-0.25, -0.2) is 15.2 Å².